The van der Waals surface area contributed by atoms with Gasteiger partial charge in [0.2, 0.25) is 29.5 Å². The molecule has 15 heteroatoms. The predicted octanol–water partition coefficient (Wildman–Crippen LogP) is -0.808. The largest absolute Gasteiger partial charge is 0.508 e. The molecule has 12 N–H and O–H groups in total. The summed E-state index contributed by atoms with van der Waals surface area (Å²) in [7, 11) is 0. The van der Waals surface area contributed by atoms with Crippen LogP contribution in [0.4, 0.5) is 0 Å². The fourth-order valence-electron chi connectivity index (χ4n) is 5.60. The number of guanidine groups is 1. The zero-order valence-electron chi connectivity index (χ0n) is 27.7. The van der Waals surface area contributed by atoms with Crippen molar-refractivity contribution in [2.75, 3.05) is 19.6 Å². The molecule has 0 aromatic heterocycles. The third-order valence-corrected chi connectivity index (χ3v) is 8.25. The minimum absolute atomic E-state index is 0.0229. The van der Waals surface area contributed by atoms with Crippen LogP contribution in [0.1, 0.15) is 36.8 Å². The number of hydrogen-bond donors (Lipinski definition) is 9. The average Bonchev–Trinajstić information content (AvgIpc) is 3.09. The number of aromatic hydroxyl groups is 1. The molecule has 266 valence electrons. The minimum atomic E-state index is -1.15. The van der Waals surface area contributed by atoms with Crippen molar-refractivity contribution in [3.63, 3.8) is 0 Å². The lowest BCUT2D eigenvalue weighted by atomic mass is 10.0. The van der Waals surface area contributed by atoms with E-state index in [0.717, 1.165) is 16.3 Å². The van der Waals surface area contributed by atoms with E-state index in [0.29, 0.717) is 18.4 Å². The van der Waals surface area contributed by atoms with Crippen LogP contribution in [0.25, 0.3) is 10.8 Å². The highest BCUT2D eigenvalue weighted by Gasteiger charge is 2.32. The Morgan fingerprint density at radius 1 is 0.680 bits per heavy atom. The van der Waals surface area contributed by atoms with Gasteiger partial charge in [0.25, 0.3) is 0 Å². The maximum atomic E-state index is 13.8. The van der Waals surface area contributed by atoms with Gasteiger partial charge in [-0.05, 0) is 66.3 Å². The van der Waals surface area contributed by atoms with Crippen LogP contribution < -0.4 is 43.8 Å². The number of carbonyl (C=O) groups excluding carboxylic acids is 5. The van der Waals surface area contributed by atoms with Crippen molar-refractivity contribution in [2.45, 2.75) is 62.7 Å². The van der Waals surface area contributed by atoms with Gasteiger partial charge >= 0.3 is 0 Å². The van der Waals surface area contributed by atoms with E-state index in [1.54, 1.807) is 12.1 Å². The second kappa shape index (κ2) is 18.2. The molecule has 1 saturated heterocycles. The van der Waals surface area contributed by atoms with E-state index in [1.165, 1.54) is 12.1 Å². The summed E-state index contributed by atoms with van der Waals surface area (Å²) in [5.74, 6) is -3.34. The highest BCUT2D eigenvalue weighted by Crippen LogP contribution is 2.17. The van der Waals surface area contributed by atoms with Gasteiger partial charge in [0.05, 0.1) is 6.54 Å². The summed E-state index contributed by atoms with van der Waals surface area (Å²) in [5.41, 5.74) is 18.0. The number of benzene rings is 3. The number of nitrogens with one attached hydrogen (secondary N) is 5. The standard InChI is InChI=1S/C35H45N9O6/c36-15-3-7-26-32(48)42-27(8-4-16-39-35(37)38)33(49)44-28(19-22-9-12-23-5-1-2-6-24(23)17-22)31(47)40-20-30(46)41-29(34(50)43-26)18-21-10-13-25(45)14-11-21/h1-2,5-6,9-14,17,26-29,45H,3-4,7-8,15-16,18-20,36H2,(H,40,47)(H,41,46)(H,42,48)(H,43,50)(H,44,49)(H4,37,38,39)/t26?,27-,28-,29+/m0/s1. The van der Waals surface area contributed by atoms with Crippen molar-refractivity contribution < 1.29 is 29.1 Å². The van der Waals surface area contributed by atoms with Gasteiger partial charge in [0.1, 0.15) is 29.9 Å². The first kappa shape index (κ1) is 37.1. The van der Waals surface area contributed by atoms with Crippen LogP contribution >= 0.6 is 0 Å². The number of phenolic OH excluding ortho intramolecular Hbond substituents is 1. The van der Waals surface area contributed by atoms with Crippen molar-refractivity contribution in [3.05, 3.63) is 77.9 Å². The van der Waals surface area contributed by atoms with Crippen molar-refractivity contribution in [1.29, 1.82) is 0 Å². The first-order valence-corrected chi connectivity index (χ1v) is 16.5. The van der Waals surface area contributed by atoms with E-state index in [4.69, 9.17) is 17.2 Å². The van der Waals surface area contributed by atoms with E-state index < -0.39 is 60.2 Å². The van der Waals surface area contributed by atoms with Gasteiger partial charge in [-0.3, -0.25) is 29.0 Å². The highest BCUT2D eigenvalue weighted by atomic mass is 16.3. The number of amides is 5. The van der Waals surface area contributed by atoms with Crippen LogP contribution in [-0.2, 0) is 36.8 Å². The molecular weight excluding hydrogens is 642 g/mol. The molecule has 3 aromatic carbocycles. The Morgan fingerprint density at radius 2 is 1.24 bits per heavy atom. The summed E-state index contributed by atoms with van der Waals surface area (Å²) in [5, 5.41) is 25.1. The number of nitrogens with zero attached hydrogens (tertiary/aromatic N) is 1. The molecular formula is C35H45N9O6. The van der Waals surface area contributed by atoms with Crippen LogP contribution in [-0.4, -0.2) is 84.4 Å². The summed E-state index contributed by atoms with van der Waals surface area (Å²) in [4.78, 5) is 71.9. The number of phenols is 1. The molecule has 4 atom stereocenters. The maximum absolute atomic E-state index is 13.8. The summed E-state index contributed by atoms with van der Waals surface area (Å²) < 4.78 is 0. The highest BCUT2D eigenvalue weighted by molar-refractivity contribution is 5.97. The van der Waals surface area contributed by atoms with Gasteiger partial charge in [-0.1, -0.05) is 54.6 Å². The number of hydrogen-bond acceptors (Lipinski definition) is 8. The summed E-state index contributed by atoms with van der Waals surface area (Å²) >= 11 is 0. The first-order valence-electron chi connectivity index (χ1n) is 16.5. The van der Waals surface area contributed by atoms with E-state index in [2.05, 4.69) is 31.6 Å². The van der Waals surface area contributed by atoms with E-state index in [-0.39, 0.29) is 50.5 Å². The van der Waals surface area contributed by atoms with Gasteiger partial charge in [-0.15, -0.1) is 0 Å². The molecule has 0 spiro atoms. The van der Waals surface area contributed by atoms with Gasteiger partial charge < -0.3 is 48.9 Å². The van der Waals surface area contributed by atoms with Crippen LogP contribution in [0, 0.1) is 0 Å². The molecule has 0 saturated carbocycles. The third-order valence-electron chi connectivity index (χ3n) is 8.25. The van der Waals surface area contributed by atoms with Gasteiger partial charge in [0.15, 0.2) is 5.96 Å². The second-order valence-electron chi connectivity index (χ2n) is 12.2. The summed E-state index contributed by atoms with van der Waals surface area (Å²) in [6.07, 6.45) is 1.06. The molecule has 1 heterocycles. The Morgan fingerprint density at radius 3 is 1.90 bits per heavy atom. The van der Waals surface area contributed by atoms with E-state index in [1.807, 2.05) is 42.5 Å². The van der Waals surface area contributed by atoms with Gasteiger partial charge in [-0.2, -0.15) is 0 Å². The third kappa shape index (κ3) is 11.2. The van der Waals surface area contributed by atoms with Crippen molar-refractivity contribution in [1.82, 2.24) is 26.6 Å². The number of rotatable bonds is 11. The summed E-state index contributed by atoms with van der Waals surface area (Å²) in [6, 6.07) is 15.0. The van der Waals surface area contributed by atoms with Crippen LogP contribution in [0.15, 0.2) is 71.7 Å². The Labute approximate surface area is 289 Å². The number of aliphatic imine (C=N–C) groups is 1. The Bertz CT molecular complexity index is 1690. The summed E-state index contributed by atoms with van der Waals surface area (Å²) in [6.45, 7) is -0.0684. The van der Waals surface area contributed by atoms with E-state index >= 15 is 0 Å². The maximum Gasteiger partial charge on any atom is 0.243 e. The Hall–Kier alpha value is -5.70. The topological polar surface area (TPSA) is 256 Å². The molecule has 4 rings (SSSR count). The average molecular weight is 688 g/mol. The van der Waals surface area contributed by atoms with Gasteiger partial charge in [-0.25, -0.2) is 0 Å². The quantitative estimate of drug-likeness (QED) is 0.0693. The van der Waals surface area contributed by atoms with Crippen molar-refractivity contribution in [3.8, 4) is 5.75 Å². The molecule has 1 unspecified atom stereocenters. The molecule has 0 bridgehead atoms. The Balaban J connectivity index is 1.66. The lowest BCUT2D eigenvalue weighted by Crippen LogP contribution is -2.58. The van der Waals surface area contributed by atoms with Crippen LogP contribution in [0.2, 0.25) is 0 Å². The molecule has 1 fully saturated rings. The molecule has 5 amide bonds. The van der Waals surface area contributed by atoms with Crippen molar-refractivity contribution in [2.24, 2.45) is 22.2 Å². The normalized spacial score (nSPS) is 20.7. The molecule has 0 radical (unpaired) electrons. The minimum Gasteiger partial charge on any atom is -0.508 e. The Kier molecular flexibility index (Phi) is 13.5. The molecule has 3 aromatic rings. The molecule has 0 aliphatic carbocycles. The van der Waals surface area contributed by atoms with Crippen LogP contribution in [0.5, 0.6) is 5.75 Å². The fourth-order valence-corrected chi connectivity index (χ4v) is 5.60. The fraction of sp³-hybridized carbons (Fsp3) is 0.371. The smallest absolute Gasteiger partial charge is 0.243 e. The monoisotopic (exact) mass is 687 g/mol. The molecule has 1 aliphatic rings. The van der Waals surface area contributed by atoms with Crippen molar-refractivity contribution >= 4 is 46.3 Å². The lowest BCUT2D eigenvalue weighted by molar-refractivity contribution is -0.134. The number of fused-ring (bicyclic) bond motifs is 1. The molecule has 1 aliphatic heterocycles. The van der Waals surface area contributed by atoms with Crippen LogP contribution in [0.3, 0.4) is 0 Å². The first-order chi connectivity index (χ1) is 24.0. The number of nitrogens with two attached hydrogens (primary N) is 3. The van der Waals surface area contributed by atoms with Gasteiger partial charge in [0, 0.05) is 19.4 Å². The predicted molar refractivity (Wildman–Crippen MR) is 188 cm³/mol. The zero-order valence-corrected chi connectivity index (χ0v) is 27.7. The molecule has 15 nitrogen and oxygen atoms in total. The molecule has 50 heavy (non-hydrogen) atoms. The number of carbonyl (C=O) groups is 5. The second-order valence-corrected chi connectivity index (χ2v) is 12.2. The SMILES string of the molecule is NCCCC1NC(=O)[C@@H](Cc2ccc(O)cc2)NC(=O)CNC(=O)[C@H](Cc2ccc3ccccc3c2)NC(=O)[C@H](CCCN=C(N)N)NC1=O. The lowest BCUT2D eigenvalue weighted by Gasteiger charge is -2.26. The van der Waals surface area contributed by atoms with E-state index in [9.17, 15) is 29.1 Å². The zero-order chi connectivity index (χ0) is 36.0.